The first kappa shape index (κ1) is 18.9. The van der Waals surface area contributed by atoms with Gasteiger partial charge in [-0.1, -0.05) is 42.5 Å². The van der Waals surface area contributed by atoms with Crippen LogP contribution in [-0.2, 0) is 17.9 Å². The molecule has 0 atom stereocenters. The minimum Gasteiger partial charge on any atom is -0.374 e. The first-order valence-electron chi connectivity index (χ1n) is 9.57. The molecule has 0 unspecified atom stereocenters. The number of hydrogen-bond donors (Lipinski definition) is 2. The van der Waals surface area contributed by atoms with Crippen molar-refractivity contribution in [2.75, 3.05) is 5.32 Å². The minimum atomic E-state index is -0.221. The molecule has 0 spiro atoms. The van der Waals surface area contributed by atoms with Crippen LogP contribution >= 0.6 is 0 Å². The van der Waals surface area contributed by atoms with Crippen LogP contribution in [0, 0.1) is 0 Å². The normalized spacial score (nSPS) is 11.3. The van der Waals surface area contributed by atoms with E-state index in [9.17, 15) is 4.79 Å². The molecule has 2 aromatic heterocycles. The Morgan fingerprint density at radius 3 is 2.52 bits per heavy atom. The van der Waals surface area contributed by atoms with Crippen molar-refractivity contribution in [1.29, 1.82) is 0 Å². The van der Waals surface area contributed by atoms with Crippen molar-refractivity contribution >= 4 is 17.0 Å². The highest BCUT2D eigenvalue weighted by Gasteiger charge is 2.11. The molecule has 0 aliphatic carbocycles. The average molecular weight is 389 g/mol. The van der Waals surface area contributed by atoms with E-state index in [0.717, 1.165) is 16.8 Å². The number of hydrogen-bond acceptors (Lipinski definition) is 5. The number of nitrogens with zero attached hydrogens (tertiary/aromatic N) is 3. The van der Waals surface area contributed by atoms with Crippen molar-refractivity contribution in [2.24, 2.45) is 0 Å². The Morgan fingerprint density at radius 2 is 1.79 bits per heavy atom. The van der Waals surface area contributed by atoms with Crippen LogP contribution in [0.1, 0.15) is 25.0 Å². The summed E-state index contributed by atoms with van der Waals surface area (Å²) in [6, 6.07) is 17.8. The average Bonchev–Trinajstić information content (AvgIpc) is 3.17. The fourth-order valence-corrected chi connectivity index (χ4v) is 2.96. The molecule has 0 saturated heterocycles. The number of para-hydroxylation sites is 1. The van der Waals surface area contributed by atoms with Gasteiger partial charge in [0.05, 0.1) is 24.6 Å². The van der Waals surface area contributed by atoms with Crippen LogP contribution in [0.4, 0.5) is 5.95 Å². The van der Waals surface area contributed by atoms with E-state index in [1.165, 1.54) is 6.20 Å². The van der Waals surface area contributed by atoms with E-state index in [1.807, 2.05) is 68.4 Å². The van der Waals surface area contributed by atoms with Crippen LogP contribution in [0.3, 0.4) is 0 Å². The van der Waals surface area contributed by atoms with Gasteiger partial charge in [0.2, 0.25) is 5.95 Å². The molecule has 0 amide bonds. The lowest BCUT2D eigenvalue weighted by Gasteiger charge is -2.09. The second-order valence-corrected chi connectivity index (χ2v) is 7.07. The lowest BCUT2D eigenvalue weighted by molar-refractivity contribution is 0.0657. The molecule has 2 aromatic carbocycles. The maximum atomic E-state index is 12.4. The van der Waals surface area contributed by atoms with Gasteiger partial charge in [0.15, 0.2) is 5.65 Å². The van der Waals surface area contributed by atoms with Crippen molar-refractivity contribution in [2.45, 2.75) is 33.1 Å². The van der Waals surface area contributed by atoms with E-state index in [2.05, 4.69) is 20.4 Å². The summed E-state index contributed by atoms with van der Waals surface area (Å²) in [7, 11) is 0. The highest BCUT2D eigenvalue weighted by Crippen LogP contribution is 2.15. The van der Waals surface area contributed by atoms with Crippen LogP contribution in [0.25, 0.3) is 16.7 Å². The van der Waals surface area contributed by atoms with Gasteiger partial charge in [-0.25, -0.2) is 4.68 Å². The van der Waals surface area contributed by atoms with Gasteiger partial charge in [-0.05, 0) is 37.1 Å². The molecule has 0 aliphatic rings. The smallest absolute Gasteiger partial charge is 0.263 e. The van der Waals surface area contributed by atoms with Crippen LogP contribution in [-0.4, -0.2) is 25.9 Å². The molecule has 148 valence electrons. The molecule has 4 rings (SSSR count). The van der Waals surface area contributed by atoms with Crippen LogP contribution in [0.2, 0.25) is 0 Å². The standard InChI is InChI=1S/C22H23N5O2/c1-15(2)29-14-17-10-8-16(9-11-17)12-23-22-25-20-19(21(28)26-22)13-24-27(20)18-6-4-3-5-7-18/h3-11,13,15H,12,14H2,1-2H3,(H2,23,25,26,28). The Labute approximate surface area is 168 Å². The second-order valence-electron chi connectivity index (χ2n) is 7.07. The molecule has 0 bridgehead atoms. The van der Waals surface area contributed by atoms with Gasteiger partial charge in [-0.15, -0.1) is 0 Å². The maximum absolute atomic E-state index is 12.4. The molecule has 2 N–H and O–H groups in total. The van der Waals surface area contributed by atoms with E-state index in [4.69, 9.17) is 4.74 Å². The number of aromatic nitrogens is 4. The van der Waals surface area contributed by atoms with E-state index in [0.29, 0.717) is 30.1 Å². The topological polar surface area (TPSA) is 84.8 Å². The third-order valence-corrected chi connectivity index (χ3v) is 4.51. The summed E-state index contributed by atoms with van der Waals surface area (Å²) in [5.74, 6) is 0.410. The van der Waals surface area contributed by atoms with Gasteiger partial charge in [0.25, 0.3) is 5.56 Å². The molecule has 0 aliphatic heterocycles. The summed E-state index contributed by atoms with van der Waals surface area (Å²) < 4.78 is 7.28. The monoisotopic (exact) mass is 389 g/mol. The third-order valence-electron chi connectivity index (χ3n) is 4.51. The lowest BCUT2D eigenvalue weighted by atomic mass is 10.1. The number of H-pyrrole nitrogens is 1. The number of benzene rings is 2. The van der Waals surface area contributed by atoms with Gasteiger partial charge in [0, 0.05) is 6.54 Å². The quantitative estimate of drug-likeness (QED) is 0.504. The highest BCUT2D eigenvalue weighted by molar-refractivity contribution is 5.76. The summed E-state index contributed by atoms with van der Waals surface area (Å²) in [4.78, 5) is 19.8. The fraction of sp³-hybridized carbons (Fsp3) is 0.227. The molecule has 0 fully saturated rings. The SMILES string of the molecule is CC(C)OCc1ccc(CNc2nc3c(cnn3-c3ccccc3)c(=O)[nH]2)cc1. The molecule has 29 heavy (non-hydrogen) atoms. The number of rotatable bonds is 7. The Kier molecular flexibility index (Phi) is 5.39. The van der Waals surface area contributed by atoms with Crippen LogP contribution < -0.4 is 10.9 Å². The molecular weight excluding hydrogens is 366 g/mol. The Balaban J connectivity index is 1.52. The fourth-order valence-electron chi connectivity index (χ4n) is 2.96. The zero-order valence-electron chi connectivity index (χ0n) is 16.4. The number of anilines is 1. The highest BCUT2D eigenvalue weighted by atomic mass is 16.5. The molecule has 4 aromatic rings. The van der Waals surface area contributed by atoms with Crippen molar-refractivity contribution in [3.63, 3.8) is 0 Å². The Hall–Kier alpha value is -3.45. The lowest BCUT2D eigenvalue weighted by Crippen LogP contribution is -2.13. The van der Waals surface area contributed by atoms with Gasteiger partial charge < -0.3 is 10.1 Å². The minimum absolute atomic E-state index is 0.207. The zero-order chi connectivity index (χ0) is 20.2. The first-order valence-corrected chi connectivity index (χ1v) is 9.57. The van der Waals surface area contributed by atoms with Crippen molar-refractivity contribution in [3.8, 4) is 5.69 Å². The van der Waals surface area contributed by atoms with E-state index < -0.39 is 0 Å². The van der Waals surface area contributed by atoms with Crippen molar-refractivity contribution in [1.82, 2.24) is 19.7 Å². The summed E-state index contributed by atoms with van der Waals surface area (Å²) in [5, 5.41) is 7.97. The molecular formula is C22H23N5O2. The summed E-state index contributed by atoms with van der Waals surface area (Å²) in [5.41, 5.74) is 3.36. The largest absolute Gasteiger partial charge is 0.374 e. The van der Waals surface area contributed by atoms with Crippen LogP contribution in [0.5, 0.6) is 0 Å². The van der Waals surface area contributed by atoms with Crippen molar-refractivity contribution in [3.05, 3.63) is 82.3 Å². The molecule has 7 heteroatoms. The number of nitrogens with one attached hydrogen (secondary N) is 2. The molecule has 0 radical (unpaired) electrons. The van der Waals surface area contributed by atoms with Crippen molar-refractivity contribution < 1.29 is 4.74 Å². The van der Waals surface area contributed by atoms with Gasteiger partial charge in [-0.3, -0.25) is 9.78 Å². The van der Waals surface area contributed by atoms with E-state index in [1.54, 1.807) is 4.68 Å². The van der Waals surface area contributed by atoms with Gasteiger partial charge >= 0.3 is 0 Å². The Morgan fingerprint density at radius 1 is 1.07 bits per heavy atom. The van der Waals surface area contributed by atoms with E-state index >= 15 is 0 Å². The summed E-state index contributed by atoms with van der Waals surface area (Å²) in [6.45, 7) is 5.18. The number of aromatic amines is 1. The predicted molar refractivity (Wildman–Crippen MR) is 113 cm³/mol. The van der Waals surface area contributed by atoms with Gasteiger partial charge in [-0.2, -0.15) is 10.1 Å². The molecule has 0 saturated carbocycles. The summed E-state index contributed by atoms with van der Waals surface area (Å²) in [6.07, 6.45) is 1.74. The number of fused-ring (bicyclic) bond motifs is 1. The second kappa shape index (κ2) is 8.28. The zero-order valence-corrected chi connectivity index (χ0v) is 16.4. The predicted octanol–water partition coefficient (Wildman–Crippen LogP) is 3.65. The first-order chi connectivity index (χ1) is 14.1. The summed E-state index contributed by atoms with van der Waals surface area (Å²) >= 11 is 0. The van der Waals surface area contributed by atoms with E-state index in [-0.39, 0.29) is 11.7 Å². The Bertz CT molecular complexity index is 1150. The number of ether oxygens (including phenoxy) is 1. The maximum Gasteiger partial charge on any atom is 0.263 e. The molecule has 7 nitrogen and oxygen atoms in total. The van der Waals surface area contributed by atoms with Crippen LogP contribution in [0.15, 0.2) is 65.6 Å². The van der Waals surface area contributed by atoms with Gasteiger partial charge in [0.1, 0.15) is 5.39 Å². The molecule has 2 heterocycles. The third kappa shape index (κ3) is 4.35.